The maximum atomic E-state index is 8.94. The number of fused-ring (bicyclic) bond motifs is 1. The quantitative estimate of drug-likeness (QED) is 0.648. The normalized spacial score (nSPS) is 40.9. The van der Waals surface area contributed by atoms with E-state index < -0.39 is 0 Å². The average Bonchev–Trinajstić information content (AvgIpc) is 2.56. The molecule has 0 aliphatic heterocycles. The van der Waals surface area contributed by atoms with Crippen molar-refractivity contribution in [2.75, 3.05) is 6.61 Å². The molecule has 1 heteroatoms. The van der Waals surface area contributed by atoms with Crippen molar-refractivity contribution in [3.05, 3.63) is 11.6 Å². The van der Waals surface area contributed by atoms with Gasteiger partial charge in [-0.2, -0.15) is 0 Å². The Labute approximate surface area is 80.8 Å². The highest BCUT2D eigenvalue weighted by Gasteiger charge is 2.58. The SMILES string of the molecule is CC1=C[C@H]2[C@@H](C[C@H]1CCO)C2(C)C. The van der Waals surface area contributed by atoms with Crippen molar-refractivity contribution in [2.45, 2.75) is 33.6 Å². The van der Waals surface area contributed by atoms with E-state index in [1.54, 1.807) is 0 Å². The van der Waals surface area contributed by atoms with Gasteiger partial charge in [0.2, 0.25) is 0 Å². The summed E-state index contributed by atoms with van der Waals surface area (Å²) in [4.78, 5) is 0. The van der Waals surface area contributed by atoms with Gasteiger partial charge in [0, 0.05) is 6.61 Å². The van der Waals surface area contributed by atoms with E-state index in [0.717, 1.165) is 18.3 Å². The van der Waals surface area contributed by atoms with Gasteiger partial charge in [0.25, 0.3) is 0 Å². The van der Waals surface area contributed by atoms with Crippen LogP contribution in [0.3, 0.4) is 0 Å². The van der Waals surface area contributed by atoms with Crippen molar-refractivity contribution in [1.82, 2.24) is 0 Å². The standard InChI is InChI=1S/C12H20O/c1-8-6-10-11(12(10,2)3)7-9(8)4-5-13/h6,9-11,13H,4-5,7H2,1-3H3/t9-,10+,11-/m1/s1. The van der Waals surface area contributed by atoms with Crippen molar-refractivity contribution in [1.29, 1.82) is 0 Å². The molecule has 0 aromatic rings. The predicted molar refractivity (Wildman–Crippen MR) is 54.3 cm³/mol. The van der Waals surface area contributed by atoms with Crippen LogP contribution in [0.5, 0.6) is 0 Å². The van der Waals surface area contributed by atoms with Crippen LogP contribution in [0.2, 0.25) is 0 Å². The summed E-state index contributed by atoms with van der Waals surface area (Å²) in [5.41, 5.74) is 2.06. The molecule has 1 saturated carbocycles. The lowest BCUT2D eigenvalue weighted by molar-refractivity contribution is 0.256. The van der Waals surface area contributed by atoms with Crippen LogP contribution in [0, 0.1) is 23.2 Å². The van der Waals surface area contributed by atoms with Gasteiger partial charge in [-0.1, -0.05) is 25.5 Å². The molecule has 0 amide bonds. The van der Waals surface area contributed by atoms with E-state index in [9.17, 15) is 0 Å². The Bertz CT molecular complexity index is 240. The van der Waals surface area contributed by atoms with Crippen molar-refractivity contribution < 1.29 is 5.11 Å². The van der Waals surface area contributed by atoms with Gasteiger partial charge in [0.15, 0.2) is 0 Å². The minimum absolute atomic E-state index is 0.341. The number of aliphatic hydroxyl groups excluding tert-OH is 1. The Morgan fingerprint density at radius 3 is 2.85 bits per heavy atom. The molecule has 0 radical (unpaired) electrons. The van der Waals surface area contributed by atoms with Crippen LogP contribution < -0.4 is 0 Å². The third-order valence-electron chi connectivity index (χ3n) is 4.24. The Morgan fingerprint density at radius 1 is 1.54 bits per heavy atom. The average molecular weight is 180 g/mol. The summed E-state index contributed by atoms with van der Waals surface area (Å²) in [7, 11) is 0. The van der Waals surface area contributed by atoms with Crippen LogP contribution in [0.1, 0.15) is 33.6 Å². The van der Waals surface area contributed by atoms with E-state index in [0.29, 0.717) is 17.9 Å². The molecule has 0 unspecified atom stereocenters. The smallest absolute Gasteiger partial charge is 0.0436 e. The van der Waals surface area contributed by atoms with Gasteiger partial charge in [-0.15, -0.1) is 0 Å². The summed E-state index contributed by atoms with van der Waals surface area (Å²) in [6, 6.07) is 0. The summed E-state index contributed by atoms with van der Waals surface area (Å²) < 4.78 is 0. The monoisotopic (exact) mass is 180 g/mol. The van der Waals surface area contributed by atoms with Crippen molar-refractivity contribution in [3.63, 3.8) is 0 Å². The molecule has 2 rings (SSSR count). The van der Waals surface area contributed by atoms with Crippen molar-refractivity contribution in [3.8, 4) is 0 Å². The van der Waals surface area contributed by atoms with Crippen molar-refractivity contribution >= 4 is 0 Å². The molecule has 3 atom stereocenters. The van der Waals surface area contributed by atoms with Crippen molar-refractivity contribution in [2.24, 2.45) is 23.2 Å². The molecule has 0 aromatic heterocycles. The first-order chi connectivity index (χ1) is 6.07. The highest BCUT2D eigenvalue weighted by molar-refractivity contribution is 5.24. The van der Waals surface area contributed by atoms with Crippen LogP contribution >= 0.6 is 0 Å². The van der Waals surface area contributed by atoms with Gasteiger partial charge in [-0.05, 0) is 42.9 Å². The summed E-state index contributed by atoms with van der Waals surface area (Å²) in [5, 5.41) is 8.94. The molecule has 2 aliphatic rings. The number of hydrogen-bond acceptors (Lipinski definition) is 1. The molecular formula is C12H20O. The van der Waals surface area contributed by atoms with Gasteiger partial charge in [0.05, 0.1) is 0 Å². The van der Waals surface area contributed by atoms with Gasteiger partial charge in [0.1, 0.15) is 0 Å². The second-order valence-electron chi connectivity index (χ2n) is 5.31. The maximum absolute atomic E-state index is 8.94. The zero-order chi connectivity index (χ0) is 9.64. The second kappa shape index (κ2) is 2.84. The van der Waals surface area contributed by atoms with Gasteiger partial charge >= 0.3 is 0 Å². The zero-order valence-corrected chi connectivity index (χ0v) is 8.88. The van der Waals surface area contributed by atoms with Crippen LogP contribution in [0.15, 0.2) is 11.6 Å². The highest BCUT2D eigenvalue weighted by Crippen LogP contribution is 2.64. The zero-order valence-electron chi connectivity index (χ0n) is 8.88. The van der Waals surface area contributed by atoms with E-state index in [4.69, 9.17) is 5.11 Å². The Balaban J connectivity index is 2.08. The molecule has 13 heavy (non-hydrogen) atoms. The maximum Gasteiger partial charge on any atom is 0.0436 e. The van der Waals surface area contributed by atoms with E-state index in [1.165, 1.54) is 12.0 Å². The summed E-state index contributed by atoms with van der Waals surface area (Å²) in [5.74, 6) is 2.39. The van der Waals surface area contributed by atoms with E-state index in [-0.39, 0.29) is 0 Å². The van der Waals surface area contributed by atoms with E-state index in [1.807, 2.05) is 0 Å². The molecule has 0 spiro atoms. The first-order valence-corrected chi connectivity index (χ1v) is 5.36. The summed E-state index contributed by atoms with van der Waals surface area (Å²) in [6.45, 7) is 7.31. The van der Waals surface area contributed by atoms with Gasteiger partial charge in [-0.3, -0.25) is 0 Å². The first-order valence-electron chi connectivity index (χ1n) is 5.36. The van der Waals surface area contributed by atoms with E-state index in [2.05, 4.69) is 26.8 Å². The lowest BCUT2D eigenvalue weighted by Gasteiger charge is -2.20. The minimum Gasteiger partial charge on any atom is -0.396 e. The molecule has 0 saturated heterocycles. The molecule has 1 fully saturated rings. The molecule has 1 N–H and O–H groups in total. The molecule has 0 aromatic carbocycles. The third-order valence-corrected chi connectivity index (χ3v) is 4.24. The van der Waals surface area contributed by atoms with E-state index >= 15 is 0 Å². The molecule has 1 nitrogen and oxygen atoms in total. The summed E-state index contributed by atoms with van der Waals surface area (Å²) >= 11 is 0. The number of hydrogen-bond donors (Lipinski definition) is 1. The Morgan fingerprint density at radius 2 is 2.23 bits per heavy atom. The number of aliphatic hydroxyl groups is 1. The van der Waals surface area contributed by atoms with Crippen LogP contribution in [-0.2, 0) is 0 Å². The molecule has 0 heterocycles. The lowest BCUT2D eigenvalue weighted by atomic mass is 9.86. The topological polar surface area (TPSA) is 20.2 Å². The fraction of sp³-hybridized carbons (Fsp3) is 0.833. The minimum atomic E-state index is 0.341. The summed E-state index contributed by atoms with van der Waals surface area (Å²) in [6.07, 6.45) is 4.72. The van der Waals surface area contributed by atoms with Gasteiger partial charge < -0.3 is 5.11 Å². The highest BCUT2D eigenvalue weighted by atomic mass is 16.3. The fourth-order valence-electron chi connectivity index (χ4n) is 2.98. The predicted octanol–water partition coefficient (Wildman–Crippen LogP) is 2.61. The lowest BCUT2D eigenvalue weighted by Crippen LogP contribution is -2.10. The fourth-order valence-corrected chi connectivity index (χ4v) is 2.98. The Hall–Kier alpha value is -0.300. The molecule has 0 bridgehead atoms. The van der Waals surface area contributed by atoms with Crippen LogP contribution in [-0.4, -0.2) is 11.7 Å². The first kappa shape index (κ1) is 9.26. The molecule has 74 valence electrons. The largest absolute Gasteiger partial charge is 0.396 e. The van der Waals surface area contributed by atoms with Crippen LogP contribution in [0.25, 0.3) is 0 Å². The van der Waals surface area contributed by atoms with Gasteiger partial charge in [-0.25, -0.2) is 0 Å². The Kier molecular flexibility index (Phi) is 2.03. The number of allylic oxidation sites excluding steroid dienone is 2. The number of rotatable bonds is 2. The second-order valence-corrected chi connectivity index (χ2v) is 5.31. The molecule has 2 aliphatic carbocycles. The third kappa shape index (κ3) is 1.34. The molecular weight excluding hydrogens is 160 g/mol. The van der Waals surface area contributed by atoms with Crippen LogP contribution in [0.4, 0.5) is 0 Å².